The van der Waals surface area contributed by atoms with Crippen LogP contribution in [0.5, 0.6) is 0 Å². The second kappa shape index (κ2) is 7.60. The highest BCUT2D eigenvalue weighted by Gasteiger charge is 2.32. The first-order valence-corrected chi connectivity index (χ1v) is 6.86. The van der Waals surface area contributed by atoms with E-state index in [2.05, 4.69) is 0 Å². The number of rotatable bonds is 6. The van der Waals surface area contributed by atoms with Gasteiger partial charge in [0, 0.05) is 25.0 Å². The SMILES string of the molecule is CC(N)CC(=O)N(CCc1ccc(F)cc1)C1CC1.Cl. The fourth-order valence-corrected chi connectivity index (χ4v) is 2.19. The highest BCUT2D eigenvalue weighted by molar-refractivity contribution is 5.85. The number of nitrogens with zero attached hydrogens (tertiary/aromatic N) is 1. The molecule has 1 aromatic rings. The molecule has 1 aliphatic carbocycles. The van der Waals surface area contributed by atoms with Gasteiger partial charge < -0.3 is 10.6 Å². The number of halogens is 2. The second-order valence-electron chi connectivity index (χ2n) is 5.38. The molecule has 1 amide bonds. The molecule has 1 saturated carbocycles. The maximum Gasteiger partial charge on any atom is 0.224 e. The lowest BCUT2D eigenvalue weighted by atomic mass is 10.1. The van der Waals surface area contributed by atoms with Crippen molar-refractivity contribution in [2.75, 3.05) is 6.54 Å². The average molecular weight is 301 g/mol. The van der Waals surface area contributed by atoms with Crippen LogP contribution in [0.15, 0.2) is 24.3 Å². The predicted molar refractivity (Wildman–Crippen MR) is 80.4 cm³/mol. The lowest BCUT2D eigenvalue weighted by molar-refractivity contribution is -0.132. The number of carbonyl (C=O) groups is 1. The maximum atomic E-state index is 12.8. The summed E-state index contributed by atoms with van der Waals surface area (Å²) in [6.07, 6.45) is 3.35. The standard InChI is InChI=1S/C15H21FN2O.ClH/c1-11(17)10-15(19)18(14-6-7-14)9-8-12-2-4-13(16)5-3-12;/h2-5,11,14H,6-10,17H2,1H3;1H. The molecule has 0 spiro atoms. The Balaban J connectivity index is 0.00000200. The molecule has 3 nitrogen and oxygen atoms in total. The molecular weight excluding hydrogens is 279 g/mol. The van der Waals surface area contributed by atoms with Crippen molar-refractivity contribution in [2.24, 2.45) is 5.73 Å². The van der Waals surface area contributed by atoms with Crippen LogP contribution in [-0.2, 0) is 11.2 Å². The van der Waals surface area contributed by atoms with Crippen molar-refractivity contribution >= 4 is 18.3 Å². The number of hydrogen-bond donors (Lipinski definition) is 1. The van der Waals surface area contributed by atoms with E-state index in [0.717, 1.165) is 24.8 Å². The summed E-state index contributed by atoms with van der Waals surface area (Å²) in [5.41, 5.74) is 6.74. The number of amides is 1. The van der Waals surface area contributed by atoms with Crippen molar-refractivity contribution in [2.45, 2.75) is 44.7 Å². The number of nitrogens with two attached hydrogens (primary N) is 1. The van der Waals surface area contributed by atoms with Crippen LogP contribution < -0.4 is 5.73 Å². The molecule has 20 heavy (non-hydrogen) atoms. The lowest BCUT2D eigenvalue weighted by Gasteiger charge is -2.23. The lowest BCUT2D eigenvalue weighted by Crippen LogP contribution is -2.37. The molecule has 2 rings (SSSR count). The first-order valence-electron chi connectivity index (χ1n) is 6.86. The van der Waals surface area contributed by atoms with Gasteiger partial charge in [-0.25, -0.2) is 4.39 Å². The molecule has 1 unspecified atom stereocenters. The molecule has 112 valence electrons. The van der Waals surface area contributed by atoms with Gasteiger partial charge in [-0.3, -0.25) is 4.79 Å². The van der Waals surface area contributed by atoms with Gasteiger partial charge in [0.2, 0.25) is 5.91 Å². The smallest absolute Gasteiger partial charge is 0.224 e. The third-order valence-electron chi connectivity index (χ3n) is 3.36. The molecule has 1 fully saturated rings. The van der Waals surface area contributed by atoms with Gasteiger partial charge >= 0.3 is 0 Å². The largest absolute Gasteiger partial charge is 0.339 e. The van der Waals surface area contributed by atoms with E-state index in [1.165, 1.54) is 12.1 Å². The Morgan fingerprint density at radius 1 is 1.40 bits per heavy atom. The van der Waals surface area contributed by atoms with Crippen molar-refractivity contribution in [1.82, 2.24) is 4.90 Å². The summed E-state index contributed by atoms with van der Waals surface area (Å²) in [7, 11) is 0. The zero-order valence-electron chi connectivity index (χ0n) is 11.7. The molecule has 0 radical (unpaired) electrons. The molecule has 0 aliphatic heterocycles. The summed E-state index contributed by atoms with van der Waals surface area (Å²) in [5.74, 6) is -0.0876. The van der Waals surface area contributed by atoms with Crippen LogP contribution in [0.3, 0.4) is 0 Å². The molecule has 1 aliphatic rings. The summed E-state index contributed by atoms with van der Waals surface area (Å²) in [5, 5.41) is 0. The van der Waals surface area contributed by atoms with E-state index in [4.69, 9.17) is 5.73 Å². The topological polar surface area (TPSA) is 46.3 Å². The van der Waals surface area contributed by atoms with E-state index < -0.39 is 0 Å². The molecular formula is C15H22ClFN2O. The van der Waals surface area contributed by atoms with Crippen LogP contribution in [0, 0.1) is 5.82 Å². The predicted octanol–water partition coefficient (Wildman–Crippen LogP) is 2.52. The van der Waals surface area contributed by atoms with Gasteiger partial charge in [0.15, 0.2) is 0 Å². The van der Waals surface area contributed by atoms with Crippen LogP contribution in [0.25, 0.3) is 0 Å². The summed E-state index contributed by atoms with van der Waals surface area (Å²) >= 11 is 0. The van der Waals surface area contributed by atoms with Gasteiger partial charge in [-0.1, -0.05) is 12.1 Å². The van der Waals surface area contributed by atoms with E-state index in [1.807, 2.05) is 11.8 Å². The minimum Gasteiger partial charge on any atom is -0.339 e. The van der Waals surface area contributed by atoms with Crippen molar-refractivity contribution in [3.8, 4) is 0 Å². The van der Waals surface area contributed by atoms with Crippen molar-refractivity contribution in [3.05, 3.63) is 35.6 Å². The number of hydrogen-bond acceptors (Lipinski definition) is 2. The Hall–Kier alpha value is -1.13. The Kier molecular flexibility index (Phi) is 6.43. The van der Waals surface area contributed by atoms with Crippen molar-refractivity contribution in [3.63, 3.8) is 0 Å². The van der Waals surface area contributed by atoms with Crippen molar-refractivity contribution in [1.29, 1.82) is 0 Å². The van der Waals surface area contributed by atoms with Gasteiger partial charge in [-0.2, -0.15) is 0 Å². The summed E-state index contributed by atoms with van der Waals surface area (Å²) in [6, 6.07) is 6.76. The molecule has 0 bridgehead atoms. The monoisotopic (exact) mass is 300 g/mol. The number of benzene rings is 1. The molecule has 0 heterocycles. The van der Waals surface area contributed by atoms with E-state index in [9.17, 15) is 9.18 Å². The van der Waals surface area contributed by atoms with Crippen LogP contribution >= 0.6 is 12.4 Å². The van der Waals surface area contributed by atoms with E-state index in [-0.39, 0.29) is 30.2 Å². The Morgan fingerprint density at radius 3 is 2.50 bits per heavy atom. The zero-order valence-corrected chi connectivity index (χ0v) is 12.5. The molecule has 2 N–H and O–H groups in total. The quantitative estimate of drug-likeness (QED) is 0.877. The third kappa shape index (κ3) is 5.10. The minimum atomic E-state index is -0.226. The average Bonchev–Trinajstić information content (AvgIpc) is 3.15. The first kappa shape index (κ1) is 16.9. The highest BCUT2D eigenvalue weighted by Crippen LogP contribution is 2.27. The van der Waals surface area contributed by atoms with Gasteiger partial charge in [0.1, 0.15) is 5.82 Å². The van der Waals surface area contributed by atoms with Gasteiger partial charge in [0.25, 0.3) is 0 Å². The van der Waals surface area contributed by atoms with Crippen LogP contribution in [0.4, 0.5) is 4.39 Å². The molecule has 5 heteroatoms. The Morgan fingerprint density at radius 2 is 2.00 bits per heavy atom. The maximum absolute atomic E-state index is 12.8. The third-order valence-corrected chi connectivity index (χ3v) is 3.36. The molecule has 1 atom stereocenters. The van der Waals surface area contributed by atoms with Crippen molar-refractivity contribution < 1.29 is 9.18 Å². The van der Waals surface area contributed by atoms with Crippen LogP contribution in [0.1, 0.15) is 31.7 Å². The number of carbonyl (C=O) groups excluding carboxylic acids is 1. The van der Waals surface area contributed by atoms with Crippen LogP contribution in [-0.4, -0.2) is 29.4 Å². The minimum absolute atomic E-state index is 0. The van der Waals surface area contributed by atoms with E-state index >= 15 is 0 Å². The summed E-state index contributed by atoms with van der Waals surface area (Å²) in [6.45, 7) is 2.55. The molecule has 0 saturated heterocycles. The fraction of sp³-hybridized carbons (Fsp3) is 0.533. The Bertz CT molecular complexity index is 432. The van der Waals surface area contributed by atoms with Crippen LogP contribution in [0.2, 0.25) is 0 Å². The molecule has 0 aromatic heterocycles. The van der Waals surface area contributed by atoms with Gasteiger partial charge in [-0.05, 0) is 43.9 Å². The molecule has 1 aromatic carbocycles. The summed E-state index contributed by atoms with van der Waals surface area (Å²) in [4.78, 5) is 14.0. The second-order valence-corrected chi connectivity index (χ2v) is 5.38. The normalized spacial score (nSPS) is 15.3. The van der Waals surface area contributed by atoms with E-state index in [0.29, 0.717) is 19.0 Å². The fourth-order valence-electron chi connectivity index (χ4n) is 2.19. The zero-order chi connectivity index (χ0) is 13.8. The van der Waals surface area contributed by atoms with E-state index in [1.54, 1.807) is 12.1 Å². The first-order chi connectivity index (χ1) is 9.06. The Labute approximate surface area is 125 Å². The van der Waals surface area contributed by atoms with Gasteiger partial charge in [0.05, 0.1) is 0 Å². The highest BCUT2D eigenvalue weighted by atomic mass is 35.5. The van der Waals surface area contributed by atoms with Gasteiger partial charge in [-0.15, -0.1) is 12.4 Å². The summed E-state index contributed by atoms with van der Waals surface area (Å²) < 4.78 is 12.8.